The first-order valence-corrected chi connectivity index (χ1v) is 20.1. The number of halogens is 1. The summed E-state index contributed by atoms with van der Waals surface area (Å²) < 4.78 is 52.5. The van der Waals surface area contributed by atoms with E-state index in [1.54, 1.807) is 55.5 Å². The number of rotatable bonds is 8. The molecule has 21 heteroatoms. The third-order valence-electron chi connectivity index (χ3n) is 7.76. The number of phenolic OH excluding ortho intramolecular Hbond substituents is 1. The molecule has 0 bridgehead atoms. The Bertz CT molecular complexity index is 2840. The van der Waals surface area contributed by atoms with Gasteiger partial charge in [-0.3, -0.25) is 15.2 Å². The van der Waals surface area contributed by atoms with Crippen LogP contribution in [0.2, 0.25) is 5.02 Å². The van der Waals surface area contributed by atoms with Crippen LogP contribution in [0.1, 0.15) is 5.69 Å². The molecule has 0 fully saturated rings. The van der Waals surface area contributed by atoms with Crippen molar-refractivity contribution in [2.24, 2.45) is 20.5 Å². The molecule has 0 unspecified atom stereocenters. The zero-order valence-electron chi connectivity index (χ0n) is 30.1. The van der Waals surface area contributed by atoms with Crippen LogP contribution < -0.4 is 21.1 Å². The molecule has 6 rings (SSSR count). The summed E-state index contributed by atoms with van der Waals surface area (Å²) in [5, 5.41) is 56.5. The van der Waals surface area contributed by atoms with Gasteiger partial charge in [0.1, 0.15) is 11.4 Å². The third-order valence-corrected chi connectivity index (χ3v) is 10.2. The van der Waals surface area contributed by atoms with Gasteiger partial charge in [-0.2, -0.15) is 10.2 Å². The average molecular weight is 872 g/mol. The number of azo groups is 2. The second kappa shape index (κ2) is 17.8. The maximum Gasteiger partial charge on any atom is 3.00 e. The van der Waals surface area contributed by atoms with Gasteiger partial charge in [0, 0.05) is 22.9 Å². The van der Waals surface area contributed by atoms with Gasteiger partial charge >= 0.3 is 23.5 Å². The number of fused-ring (bicyclic) bond motifs is 1. The quantitative estimate of drug-likeness (QED) is 0.137. The van der Waals surface area contributed by atoms with Crippen molar-refractivity contribution < 1.29 is 59.0 Å². The molecule has 293 valence electrons. The van der Waals surface area contributed by atoms with Gasteiger partial charge < -0.3 is 20.1 Å². The number of H-pyrrole nitrogens is 1. The molecule has 3 N–H and O–H groups in total. The van der Waals surface area contributed by atoms with E-state index in [4.69, 9.17) is 11.6 Å². The van der Waals surface area contributed by atoms with E-state index in [-0.39, 0.29) is 55.7 Å². The van der Waals surface area contributed by atoms with Crippen molar-refractivity contribution in [3.63, 3.8) is 0 Å². The summed E-state index contributed by atoms with van der Waals surface area (Å²) in [5.41, 5.74) is 0.389. The molecule has 17 nitrogen and oxygen atoms in total. The first-order chi connectivity index (χ1) is 26.4. The predicted octanol–water partition coefficient (Wildman–Crippen LogP) is 6.63. The number of nitrogens with zero attached hydrogens (tertiary/aromatic N) is 5. The van der Waals surface area contributed by atoms with Crippen molar-refractivity contribution in [1.29, 1.82) is 0 Å². The smallest absolute Gasteiger partial charge is 0.871 e. The fourth-order valence-corrected chi connectivity index (χ4v) is 6.45. The van der Waals surface area contributed by atoms with Crippen LogP contribution >= 0.6 is 11.6 Å². The van der Waals surface area contributed by atoms with Crippen LogP contribution in [-0.2, 0) is 41.8 Å². The Balaban J connectivity index is 0.000000249. The summed E-state index contributed by atoms with van der Waals surface area (Å²) in [4.78, 5) is 24.1. The van der Waals surface area contributed by atoms with Gasteiger partial charge in [0.25, 0.3) is 5.56 Å². The number of aromatic nitrogens is 2. The largest absolute Gasteiger partial charge is 3.00 e. The number of carbonyl (C=O) groups is 1. The van der Waals surface area contributed by atoms with E-state index >= 15 is 0 Å². The number of ether oxygens (including phenoxy) is 1. The second-order valence-corrected chi connectivity index (χ2v) is 16.3. The van der Waals surface area contributed by atoms with E-state index < -0.39 is 42.8 Å². The molecule has 0 spiro atoms. The number of phenols is 1. The van der Waals surface area contributed by atoms with E-state index in [1.165, 1.54) is 30.0 Å². The van der Waals surface area contributed by atoms with Crippen LogP contribution in [0.4, 0.5) is 33.2 Å². The molecule has 1 heterocycles. The minimum Gasteiger partial charge on any atom is -0.871 e. The fraction of sp³-hybridized carbons (Fsp3) is 0.111. The van der Waals surface area contributed by atoms with Crippen LogP contribution in [-0.4, -0.2) is 57.4 Å². The minimum absolute atomic E-state index is 0. The average Bonchev–Trinajstić information content (AvgIpc) is 3.42. The predicted molar refractivity (Wildman–Crippen MR) is 204 cm³/mol. The van der Waals surface area contributed by atoms with Crippen LogP contribution in [0.5, 0.6) is 17.2 Å². The first-order valence-electron chi connectivity index (χ1n) is 15.9. The Kier molecular flexibility index (Phi) is 13.7. The van der Waals surface area contributed by atoms with Crippen molar-refractivity contribution in [3.8, 4) is 22.9 Å². The summed E-state index contributed by atoms with van der Waals surface area (Å²) in [6.07, 6.45) is 1.31. The van der Waals surface area contributed by atoms with Gasteiger partial charge in [-0.05, 0) is 66.9 Å². The van der Waals surface area contributed by atoms with Gasteiger partial charge in [0.15, 0.2) is 25.4 Å². The summed E-state index contributed by atoms with van der Waals surface area (Å²) >= 11 is 5.95. The zero-order valence-corrected chi connectivity index (χ0v) is 33.8. The molecule has 0 saturated carbocycles. The molecule has 1 radical (unpaired) electrons. The molecular weight excluding hydrogens is 842 g/mol. The van der Waals surface area contributed by atoms with E-state index in [9.17, 15) is 41.7 Å². The van der Waals surface area contributed by atoms with Crippen LogP contribution in [0.3, 0.4) is 0 Å². The standard InChI is InChI=1S/C19H17N3O6S.C17H15ClN4O4S.Cr/c1-28-19(25)20-13-5-3-4-11-6-8-16(24)18(17(11)13)22-21-14-10-12(29(2,26)27)7-9-15(14)23;1-10-16(17(24)22(21-10)12-5-3-4-11(18)8-12)20-19-14-9-13(27(2,25)26)6-7-15(14)23;/h3-10,23-24H,1-2H3,(H,20,25);3-9,21,23H,1-2H3;/q;;+3/p-2. The molecule has 57 heavy (non-hydrogen) atoms. The Labute approximate surface area is 340 Å². The maximum atomic E-state index is 12.6. The van der Waals surface area contributed by atoms with Crippen molar-refractivity contribution in [2.45, 2.75) is 16.7 Å². The number of nitrogens with one attached hydrogen (secondary N) is 2. The molecule has 1 aromatic heterocycles. The van der Waals surface area contributed by atoms with Gasteiger partial charge in [-0.25, -0.2) is 26.3 Å². The third kappa shape index (κ3) is 10.4. The number of hydrogen-bond donors (Lipinski definition) is 3. The topological polar surface area (TPSA) is 260 Å². The van der Waals surface area contributed by atoms with Crippen molar-refractivity contribution >= 4 is 76.6 Å². The molecule has 0 aliphatic heterocycles. The van der Waals surface area contributed by atoms with Gasteiger partial charge in [-0.1, -0.05) is 59.5 Å². The molecule has 1 amide bonds. The van der Waals surface area contributed by atoms with Crippen LogP contribution in [0.15, 0.2) is 126 Å². The minimum atomic E-state index is -3.54. The van der Waals surface area contributed by atoms with Gasteiger partial charge in [0.05, 0.1) is 45.3 Å². The number of aryl methyl sites for hydroxylation is 1. The molecular formula is C36H30ClCrN7O10S2+. The number of methoxy groups -OCH3 is 1. The van der Waals surface area contributed by atoms with E-state index in [0.717, 1.165) is 36.8 Å². The summed E-state index contributed by atoms with van der Waals surface area (Å²) in [6.45, 7) is 1.63. The van der Waals surface area contributed by atoms with Crippen LogP contribution in [0.25, 0.3) is 16.5 Å². The Hall–Kier alpha value is -6.04. The zero-order chi connectivity index (χ0) is 40.9. The van der Waals surface area contributed by atoms with Gasteiger partial charge in [0.2, 0.25) is 0 Å². The first kappa shape index (κ1) is 43.7. The number of aromatic amines is 1. The normalized spacial score (nSPS) is 11.6. The number of sulfone groups is 2. The van der Waals surface area contributed by atoms with Crippen molar-refractivity contribution in [2.75, 3.05) is 24.9 Å². The Morgan fingerprint density at radius 3 is 1.91 bits per heavy atom. The van der Waals surface area contributed by atoms with E-state index in [2.05, 4.69) is 35.6 Å². The Morgan fingerprint density at radius 2 is 1.37 bits per heavy atom. The van der Waals surface area contributed by atoms with E-state index in [1.807, 2.05) is 0 Å². The number of aromatic hydroxyl groups is 1. The Morgan fingerprint density at radius 1 is 0.807 bits per heavy atom. The molecule has 5 aromatic carbocycles. The molecule has 0 aliphatic rings. The SMILES string of the molecule is COC(=O)Nc1cccc2ccc(O)c(N=Nc3cc(S(C)(=O)=O)ccc3[O-])c12.Cc1[nH]n(-c2cccc(Cl)c2)c(=O)c1N=Nc1cc(S(C)(=O)=O)ccc1[O-].[Cr+3]. The number of hydrogen-bond acceptors (Lipinski definition) is 14. The molecule has 6 aromatic rings. The van der Waals surface area contributed by atoms with Gasteiger partial charge in [-0.15, -0.1) is 10.2 Å². The number of anilines is 1. The summed E-state index contributed by atoms with van der Waals surface area (Å²) in [6, 6.07) is 21.5. The number of benzene rings is 5. The number of amides is 1. The number of carbonyl (C=O) groups excluding carboxylic acids is 1. The van der Waals surface area contributed by atoms with E-state index in [0.29, 0.717) is 32.9 Å². The second-order valence-electron chi connectivity index (χ2n) is 11.9. The summed E-state index contributed by atoms with van der Waals surface area (Å²) in [7, 11) is -5.83. The van der Waals surface area contributed by atoms with Crippen LogP contribution in [0, 0.1) is 6.92 Å². The molecule has 0 atom stereocenters. The fourth-order valence-electron chi connectivity index (χ4n) is 4.99. The van der Waals surface area contributed by atoms with Crippen molar-refractivity contribution in [1.82, 2.24) is 9.78 Å². The monoisotopic (exact) mass is 871 g/mol. The molecule has 0 aliphatic carbocycles. The molecule has 0 saturated heterocycles. The summed E-state index contributed by atoms with van der Waals surface area (Å²) in [5.74, 6) is -1.28. The van der Waals surface area contributed by atoms with Crippen molar-refractivity contribution in [3.05, 3.63) is 112 Å². The maximum absolute atomic E-state index is 12.6.